The fourth-order valence-corrected chi connectivity index (χ4v) is 2.33. The molecular weight excluding hydrogens is 305 g/mol. The van der Waals surface area contributed by atoms with Gasteiger partial charge >= 0.3 is 0 Å². The highest BCUT2D eigenvalue weighted by Gasteiger charge is 2.01. The molecule has 1 N–H and O–H groups in total. The van der Waals surface area contributed by atoms with E-state index in [1.807, 2.05) is 24.3 Å². The summed E-state index contributed by atoms with van der Waals surface area (Å²) in [6, 6.07) is 12.9. The van der Waals surface area contributed by atoms with Gasteiger partial charge in [-0.05, 0) is 47.9 Å². The molecule has 0 saturated carbocycles. The average Bonchev–Trinajstić information content (AvgIpc) is 2.46. The van der Waals surface area contributed by atoms with Gasteiger partial charge in [0, 0.05) is 21.8 Å². The lowest BCUT2D eigenvalue weighted by Crippen LogP contribution is -2.07. The summed E-state index contributed by atoms with van der Waals surface area (Å²) in [7, 11) is 0. The number of amides is 1. The monoisotopic (exact) mass is 319 g/mol. The van der Waals surface area contributed by atoms with Crippen LogP contribution in [0.1, 0.15) is 18.1 Å². The second-order valence-corrected chi connectivity index (χ2v) is 5.39. The Morgan fingerprint density at radius 3 is 2.71 bits per heavy atom. The molecule has 0 saturated heterocycles. The first kappa shape index (κ1) is 15.6. The third kappa shape index (κ3) is 4.62. The number of halogens is 2. The van der Waals surface area contributed by atoms with Crippen LogP contribution in [-0.2, 0) is 11.2 Å². The Morgan fingerprint density at radius 2 is 2.00 bits per heavy atom. The number of hydrogen-bond acceptors (Lipinski definition) is 1. The Morgan fingerprint density at radius 1 is 1.19 bits per heavy atom. The van der Waals surface area contributed by atoms with E-state index in [2.05, 4.69) is 12.2 Å². The normalized spacial score (nSPS) is 10.8. The first-order chi connectivity index (χ1) is 10.1. The van der Waals surface area contributed by atoms with E-state index in [0.717, 1.165) is 17.7 Å². The molecule has 108 valence electrons. The molecule has 2 rings (SSSR count). The molecule has 0 spiro atoms. The predicted octanol–water partition coefficient (Wildman–Crippen LogP) is 5.21. The van der Waals surface area contributed by atoms with E-state index in [-0.39, 0.29) is 5.91 Å². The van der Waals surface area contributed by atoms with E-state index in [1.54, 1.807) is 24.3 Å². The number of aryl methyl sites for hydroxylation is 1. The van der Waals surface area contributed by atoms with Gasteiger partial charge in [0.25, 0.3) is 0 Å². The Bertz CT molecular complexity index is 680. The summed E-state index contributed by atoms with van der Waals surface area (Å²) in [5.74, 6) is -0.200. The maximum atomic E-state index is 11.9. The van der Waals surface area contributed by atoms with Crippen LogP contribution in [-0.4, -0.2) is 5.91 Å². The van der Waals surface area contributed by atoms with Gasteiger partial charge in [0.15, 0.2) is 0 Å². The summed E-state index contributed by atoms with van der Waals surface area (Å²) < 4.78 is 0. The summed E-state index contributed by atoms with van der Waals surface area (Å²) in [5.41, 5.74) is 2.71. The summed E-state index contributed by atoms with van der Waals surface area (Å²) in [4.78, 5) is 11.9. The number of carbonyl (C=O) groups is 1. The van der Waals surface area contributed by atoms with Crippen molar-refractivity contribution in [3.63, 3.8) is 0 Å². The van der Waals surface area contributed by atoms with Gasteiger partial charge in [-0.2, -0.15) is 0 Å². The number of benzene rings is 2. The van der Waals surface area contributed by atoms with Crippen LogP contribution in [0.4, 0.5) is 5.69 Å². The van der Waals surface area contributed by atoms with Crippen LogP contribution in [0, 0.1) is 0 Å². The number of carbonyl (C=O) groups excluding carboxylic acids is 1. The molecule has 0 unspecified atom stereocenters. The lowest BCUT2D eigenvalue weighted by Gasteiger charge is -2.04. The first-order valence-corrected chi connectivity index (χ1v) is 7.37. The van der Waals surface area contributed by atoms with Crippen LogP contribution in [0.5, 0.6) is 0 Å². The smallest absolute Gasteiger partial charge is 0.248 e. The molecule has 0 aliphatic heterocycles. The van der Waals surface area contributed by atoms with Crippen molar-refractivity contribution in [2.45, 2.75) is 13.3 Å². The van der Waals surface area contributed by atoms with Crippen molar-refractivity contribution < 1.29 is 4.79 Å². The van der Waals surface area contributed by atoms with Crippen molar-refractivity contribution >= 4 is 40.9 Å². The van der Waals surface area contributed by atoms with E-state index in [4.69, 9.17) is 23.2 Å². The van der Waals surface area contributed by atoms with Gasteiger partial charge in [-0.15, -0.1) is 0 Å². The Labute approximate surface area is 134 Å². The highest BCUT2D eigenvalue weighted by atomic mass is 35.5. The molecule has 1 amide bonds. The second-order valence-electron chi connectivity index (χ2n) is 4.54. The van der Waals surface area contributed by atoms with Crippen LogP contribution in [0.2, 0.25) is 10.0 Å². The van der Waals surface area contributed by atoms with Gasteiger partial charge in [0.05, 0.1) is 0 Å². The fraction of sp³-hybridized carbons (Fsp3) is 0.118. The molecule has 0 aromatic heterocycles. The third-order valence-electron chi connectivity index (χ3n) is 2.98. The molecule has 0 bridgehead atoms. The number of rotatable bonds is 4. The largest absolute Gasteiger partial charge is 0.323 e. The highest BCUT2D eigenvalue weighted by Crippen LogP contribution is 2.22. The number of hydrogen-bond donors (Lipinski definition) is 1. The van der Waals surface area contributed by atoms with Crippen LogP contribution in [0.25, 0.3) is 6.08 Å². The van der Waals surface area contributed by atoms with E-state index in [1.165, 1.54) is 11.6 Å². The van der Waals surface area contributed by atoms with Gasteiger partial charge in [-0.3, -0.25) is 4.79 Å². The molecule has 4 heteroatoms. The highest BCUT2D eigenvalue weighted by molar-refractivity contribution is 6.35. The number of nitrogens with one attached hydrogen (secondary N) is 1. The summed E-state index contributed by atoms with van der Waals surface area (Å²) in [5, 5.41) is 3.90. The van der Waals surface area contributed by atoms with E-state index in [9.17, 15) is 4.79 Å². The molecule has 2 aromatic rings. The molecule has 0 fully saturated rings. The van der Waals surface area contributed by atoms with Gasteiger partial charge < -0.3 is 5.32 Å². The maximum Gasteiger partial charge on any atom is 0.248 e. The topological polar surface area (TPSA) is 29.1 Å². The summed E-state index contributed by atoms with van der Waals surface area (Å²) >= 11 is 11.9. The molecule has 2 nitrogen and oxygen atoms in total. The van der Waals surface area contributed by atoms with Crippen LogP contribution in [0.3, 0.4) is 0 Å². The van der Waals surface area contributed by atoms with Crippen LogP contribution in [0.15, 0.2) is 48.5 Å². The molecule has 0 aliphatic rings. The van der Waals surface area contributed by atoms with E-state index in [0.29, 0.717) is 10.0 Å². The molecule has 2 aromatic carbocycles. The standard InChI is InChI=1S/C17H15Cl2NO/c1-2-12-4-3-5-15(10-12)20-17(21)9-7-13-6-8-14(18)11-16(13)19/h3-11H,2H2,1H3,(H,20,21)/b9-7+. The SMILES string of the molecule is CCc1cccc(NC(=O)/C=C/c2ccc(Cl)cc2Cl)c1. The molecule has 0 heterocycles. The lowest BCUT2D eigenvalue weighted by atomic mass is 10.1. The minimum atomic E-state index is -0.200. The maximum absolute atomic E-state index is 11.9. The Balaban J connectivity index is 2.05. The molecule has 0 atom stereocenters. The van der Waals surface area contributed by atoms with Crippen molar-refractivity contribution in [2.24, 2.45) is 0 Å². The van der Waals surface area contributed by atoms with Gasteiger partial charge in [0.1, 0.15) is 0 Å². The third-order valence-corrected chi connectivity index (χ3v) is 3.54. The molecule has 21 heavy (non-hydrogen) atoms. The van der Waals surface area contributed by atoms with Crippen molar-refractivity contribution in [3.8, 4) is 0 Å². The first-order valence-electron chi connectivity index (χ1n) is 6.61. The lowest BCUT2D eigenvalue weighted by molar-refractivity contribution is -0.111. The molecule has 0 radical (unpaired) electrons. The quantitative estimate of drug-likeness (QED) is 0.770. The zero-order chi connectivity index (χ0) is 15.2. The minimum absolute atomic E-state index is 0.200. The Hall–Kier alpha value is -1.77. The Kier molecular flexibility index (Phi) is 5.43. The van der Waals surface area contributed by atoms with Crippen molar-refractivity contribution in [1.29, 1.82) is 0 Å². The van der Waals surface area contributed by atoms with Crippen molar-refractivity contribution in [2.75, 3.05) is 5.32 Å². The minimum Gasteiger partial charge on any atom is -0.323 e. The van der Waals surface area contributed by atoms with Gasteiger partial charge in [-0.25, -0.2) is 0 Å². The van der Waals surface area contributed by atoms with E-state index >= 15 is 0 Å². The van der Waals surface area contributed by atoms with Gasteiger partial charge in [-0.1, -0.05) is 48.3 Å². The van der Waals surface area contributed by atoms with Crippen LogP contribution < -0.4 is 5.32 Å². The summed E-state index contributed by atoms with van der Waals surface area (Å²) in [6.07, 6.45) is 4.05. The van der Waals surface area contributed by atoms with E-state index < -0.39 is 0 Å². The van der Waals surface area contributed by atoms with Crippen LogP contribution >= 0.6 is 23.2 Å². The average molecular weight is 320 g/mol. The fourth-order valence-electron chi connectivity index (χ4n) is 1.86. The molecular formula is C17H15Cl2NO. The zero-order valence-corrected chi connectivity index (χ0v) is 13.1. The van der Waals surface area contributed by atoms with Crippen molar-refractivity contribution in [1.82, 2.24) is 0 Å². The second kappa shape index (κ2) is 7.30. The zero-order valence-electron chi connectivity index (χ0n) is 11.6. The van der Waals surface area contributed by atoms with Crippen molar-refractivity contribution in [3.05, 3.63) is 69.7 Å². The predicted molar refractivity (Wildman–Crippen MR) is 89.9 cm³/mol. The number of anilines is 1. The van der Waals surface area contributed by atoms with Gasteiger partial charge in [0.2, 0.25) is 5.91 Å². The molecule has 0 aliphatic carbocycles. The summed E-state index contributed by atoms with van der Waals surface area (Å²) in [6.45, 7) is 2.07.